The van der Waals surface area contributed by atoms with Gasteiger partial charge < -0.3 is 15.0 Å². The summed E-state index contributed by atoms with van der Waals surface area (Å²) in [7, 11) is 1.74. The lowest BCUT2D eigenvalue weighted by Crippen LogP contribution is -2.44. The van der Waals surface area contributed by atoms with Crippen LogP contribution in [0.3, 0.4) is 0 Å². The van der Waals surface area contributed by atoms with Crippen molar-refractivity contribution in [2.24, 2.45) is 4.99 Å². The molecule has 0 bridgehead atoms. The zero-order valence-electron chi connectivity index (χ0n) is 16.1. The van der Waals surface area contributed by atoms with Crippen molar-refractivity contribution in [1.29, 1.82) is 0 Å². The first-order valence-electron chi connectivity index (χ1n) is 9.24. The van der Waals surface area contributed by atoms with Crippen molar-refractivity contribution in [3.8, 4) is 5.88 Å². The van der Waals surface area contributed by atoms with E-state index in [1.165, 1.54) is 6.07 Å². The first-order valence-corrected chi connectivity index (χ1v) is 9.24. The Kier molecular flexibility index (Phi) is 7.70. The SMILES string of the molecule is CCN(CC)C1CCN(C(=NC)NCCOc2ccc(C(F)(F)F)cn2)C1. The average molecular weight is 387 g/mol. The van der Waals surface area contributed by atoms with Gasteiger partial charge in [0.1, 0.15) is 6.61 Å². The zero-order valence-corrected chi connectivity index (χ0v) is 16.1. The van der Waals surface area contributed by atoms with Crippen molar-refractivity contribution in [2.75, 3.05) is 46.4 Å². The van der Waals surface area contributed by atoms with Gasteiger partial charge >= 0.3 is 6.18 Å². The molecule has 1 fully saturated rings. The third kappa shape index (κ3) is 5.98. The summed E-state index contributed by atoms with van der Waals surface area (Å²) >= 11 is 0. The van der Waals surface area contributed by atoms with E-state index in [9.17, 15) is 13.2 Å². The Hall–Kier alpha value is -2.03. The minimum Gasteiger partial charge on any atom is -0.476 e. The molecule has 152 valence electrons. The normalized spacial score (nSPS) is 18.3. The van der Waals surface area contributed by atoms with Crippen LogP contribution in [0.1, 0.15) is 25.8 Å². The number of nitrogens with one attached hydrogen (secondary N) is 1. The maximum Gasteiger partial charge on any atom is 0.417 e. The Bertz CT molecular complexity index is 602. The fourth-order valence-corrected chi connectivity index (χ4v) is 3.26. The number of halogens is 3. The molecular formula is C18H28F3N5O. The van der Waals surface area contributed by atoms with Gasteiger partial charge in [0, 0.05) is 38.4 Å². The number of pyridine rings is 1. The monoisotopic (exact) mass is 387 g/mol. The molecule has 1 atom stereocenters. The highest BCUT2D eigenvalue weighted by Crippen LogP contribution is 2.29. The van der Waals surface area contributed by atoms with Crippen molar-refractivity contribution in [3.05, 3.63) is 23.9 Å². The van der Waals surface area contributed by atoms with Crippen LogP contribution in [0.2, 0.25) is 0 Å². The largest absolute Gasteiger partial charge is 0.476 e. The van der Waals surface area contributed by atoms with Crippen LogP contribution in [0.15, 0.2) is 23.3 Å². The molecule has 1 N–H and O–H groups in total. The van der Waals surface area contributed by atoms with Crippen LogP contribution in [-0.2, 0) is 6.18 Å². The summed E-state index contributed by atoms with van der Waals surface area (Å²) in [5, 5.41) is 3.24. The van der Waals surface area contributed by atoms with E-state index < -0.39 is 11.7 Å². The summed E-state index contributed by atoms with van der Waals surface area (Å²) in [5.41, 5.74) is -0.787. The van der Waals surface area contributed by atoms with Crippen LogP contribution in [0.25, 0.3) is 0 Å². The number of hydrogen-bond donors (Lipinski definition) is 1. The molecule has 2 heterocycles. The number of ether oxygens (including phenoxy) is 1. The maximum absolute atomic E-state index is 12.5. The molecule has 2 rings (SSSR count). The number of guanidine groups is 1. The van der Waals surface area contributed by atoms with Gasteiger partial charge in [0.25, 0.3) is 0 Å². The second-order valence-electron chi connectivity index (χ2n) is 6.32. The third-order valence-corrected chi connectivity index (χ3v) is 4.70. The van der Waals surface area contributed by atoms with Gasteiger partial charge in [0.2, 0.25) is 5.88 Å². The molecule has 0 aromatic carbocycles. The molecule has 1 aromatic heterocycles. The van der Waals surface area contributed by atoms with E-state index >= 15 is 0 Å². The van der Waals surface area contributed by atoms with Gasteiger partial charge in [-0.25, -0.2) is 4.98 Å². The molecule has 0 amide bonds. The predicted molar refractivity (Wildman–Crippen MR) is 99.0 cm³/mol. The molecule has 9 heteroatoms. The number of likely N-dealkylation sites (N-methyl/N-ethyl adjacent to an activating group) is 1. The summed E-state index contributed by atoms with van der Waals surface area (Å²) in [6.07, 6.45) is -2.51. The first-order chi connectivity index (χ1) is 12.9. The van der Waals surface area contributed by atoms with Gasteiger partial charge in [-0.2, -0.15) is 13.2 Å². The summed E-state index contributed by atoms with van der Waals surface area (Å²) < 4.78 is 42.9. The Morgan fingerprint density at radius 3 is 2.67 bits per heavy atom. The fourth-order valence-electron chi connectivity index (χ4n) is 3.26. The van der Waals surface area contributed by atoms with Gasteiger partial charge in [-0.1, -0.05) is 13.8 Å². The van der Waals surface area contributed by atoms with Gasteiger partial charge in [-0.15, -0.1) is 0 Å². The average Bonchev–Trinajstić information content (AvgIpc) is 3.12. The van der Waals surface area contributed by atoms with Crippen LogP contribution in [0.5, 0.6) is 5.88 Å². The highest BCUT2D eigenvalue weighted by Gasteiger charge is 2.31. The summed E-state index contributed by atoms with van der Waals surface area (Å²) in [4.78, 5) is 12.7. The Morgan fingerprint density at radius 2 is 2.11 bits per heavy atom. The van der Waals surface area contributed by atoms with E-state index in [-0.39, 0.29) is 12.5 Å². The lowest BCUT2D eigenvalue weighted by molar-refractivity contribution is -0.137. The van der Waals surface area contributed by atoms with E-state index in [1.807, 2.05) is 0 Å². The zero-order chi connectivity index (χ0) is 19.9. The molecule has 1 aliphatic heterocycles. The van der Waals surface area contributed by atoms with Crippen molar-refractivity contribution < 1.29 is 17.9 Å². The van der Waals surface area contributed by atoms with Crippen molar-refractivity contribution in [1.82, 2.24) is 20.1 Å². The van der Waals surface area contributed by atoms with E-state index in [0.29, 0.717) is 12.6 Å². The Balaban J connectivity index is 1.75. The molecular weight excluding hydrogens is 359 g/mol. The highest BCUT2D eigenvalue weighted by molar-refractivity contribution is 5.80. The first kappa shape index (κ1) is 21.3. The molecule has 1 aromatic rings. The summed E-state index contributed by atoms with van der Waals surface area (Å²) in [6, 6.07) is 2.73. The molecule has 27 heavy (non-hydrogen) atoms. The lowest BCUT2D eigenvalue weighted by Gasteiger charge is -2.27. The molecule has 1 aliphatic rings. The number of hydrogen-bond acceptors (Lipinski definition) is 4. The van der Waals surface area contributed by atoms with Gasteiger partial charge in [0.05, 0.1) is 12.1 Å². The maximum atomic E-state index is 12.5. The standard InChI is InChI=1S/C18H28F3N5O/c1-4-25(5-2)15-8-10-26(13-15)17(22-3)23-9-11-27-16-7-6-14(12-24-16)18(19,20)21/h6-7,12,15H,4-5,8-11,13H2,1-3H3,(H,22,23). The number of rotatable bonds is 7. The van der Waals surface area contributed by atoms with Gasteiger partial charge in [-0.3, -0.25) is 9.89 Å². The van der Waals surface area contributed by atoms with Crippen LogP contribution in [0, 0.1) is 0 Å². The van der Waals surface area contributed by atoms with E-state index in [2.05, 4.69) is 38.9 Å². The van der Waals surface area contributed by atoms with Crippen LogP contribution < -0.4 is 10.1 Å². The van der Waals surface area contributed by atoms with Gasteiger partial charge in [0.15, 0.2) is 5.96 Å². The van der Waals surface area contributed by atoms with Crippen molar-refractivity contribution in [3.63, 3.8) is 0 Å². The van der Waals surface area contributed by atoms with Gasteiger partial charge in [-0.05, 0) is 25.6 Å². The molecule has 1 saturated heterocycles. The Labute approximate surface area is 158 Å². The predicted octanol–water partition coefficient (Wildman–Crippen LogP) is 2.47. The van der Waals surface area contributed by atoms with Crippen molar-refractivity contribution >= 4 is 5.96 Å². The second kappa shape index (κ2) is 9.77. The van der Waals surface area contributed by atoms with E-state index in [4.69, 9.17) is 4.74 Å². The summed E-state index contributed by atoms with van der Waals surface area (Å²) in [5.74, 6) is 0.983. The molecule has 0 radical (unpaired) electrons. The third-order valence-electron chi connectivity index (χ3n) is 4.70. The minimum absolute atomic E-state index is 0.169. The minimum atomic E-state index is -4.39. The highest BCUT2D eigenvalue weighted by atomic mass is 19.4. The number of nitrogens with zero attached hydrogens (tertiary/aromatic N) is 4. The quantitative estimate of drug-likeness (QED) is 0.443. The smallest absolute Gasteiger partial charge is 0.417 e. The van der Waals surface area contributed by atoms with E-state index in [1.54, 1.807) is 7.05 Å². The van der Waals surface area contributed by atoms with Crippen LogP contribution >= 0.6 is 0 Å². The second-order valence-corrected chi connectivity index (χ2v) is 6.32. The molecule has 1 unspecified atom stereocenters. The Morgan fingerprint density at radius 1 is 1.37 bits per heavy atom. The number of likely N-dealkylation sites (tertiary alicyclic amines) is 1. The molecule has 0 saturated carbocycles. The molecule has 6 nitrogen and oxygen atoms in total. The summed E-state index contributed by atoms with van der Waals surface area (Å²) in [6.45, 7) is 9.07. The number of aromatic nitrogens is 1. The number of aliphatic imine (C=N–C) groups is 1. The van der Waals surface area contributed by atoms with Crippen LogP contribution in [-0.4, -0.2) is 73.2 Å². The van der Waals surface area contributed by atoms with Crippen LogP contribution in [0.4, 0.5) is 13.2 Å². The van der Waals surface area contributed by atoms with Crippen molar-refractivity contribution in [2.45, 2.75) is 32.5 Å². The topological polar surface area (TPSA) is 53.0 Å². The molecule has 0 aliphatic carbocycles. The fraction of sp³-hybridized carbons (Fsp3) is 0.667. The number of alkyl halides is 3. The molecule has 0 spiro atoms. The lowest BCUT2D eigenvalue weighted by atomic mass is 10.2. The van der Waals surface area contributed by atoms with E-state index in [0.717, 1.165) is 50.8 Å².